The van der Waals surface area contributed by atoms with E-state index < -0.39 is 127 Å². The fourth-order valence-electron chi connectivity index (χ4n) is 5.48. The Balaban J connectivity index is 3.27. The van der Waals surface area contributed by atoms with E-state index in [0.29, 0.717) is 5.69 Å². The van der Waals surface area contributed by atoms with Gasteiger partial charge in [0.2, 0.25) is 41.4 Å². The number of amides is 7. The topological polar surface area (TPSA) is 353 Å². The number of hydrogen-bond donors (Lipinski definition) is 12. The Morgan fingerprint density at radius 3 is 1.67 bits per heavy atom. The van der Waals surface area contributed by atoms with Crippen molar-refractivity contribution in [1.82, 2.24) is 47.2 Å². The van der Waals surface area contributed by atoms with E-state index >= 15 is 0 Å². The number of hydrogen-bond acceptors (Lipinski definition) is 12. The number of carbonyl (C=O) groups is 9. The minimum atomic E-state index is -1.50. The van der Waals surface area contributed by atoms with Crippen LogP contribution in [0.5, 0.6) is 0 Å². The lowest BCUT2D eigenvalue weighted by Crippen LogP contribution is -2.61. The molecule has 0 saturated heterocycles. The number of nitrogens with two attached hydrogens (primary N) is 1. The first-order valence-corrected chi connectivity index (χ1v) is 18.9. The molecule has 58 heavy (non-hydrogen) atoms. The van der Waals surface area contributed by atoms with Crippen LogP contribution in [0.3, 0.4) is 0 Å². The molecule has 1 heterocycles. The van der Waals surface area contributed by atoms with E-state index in [9.17, 15) is 58.5 Å². The van der Waals surface area contributed by atoms with E-state index in [1.165, 1.54) is 19.4 Å². The van der Waals surface area contributed by atoms with Crippen LogP contribution in [-0.2, 0) is 49.6 Å². The smallest absolute Gasteiger partial charge is 0.326 e. The molecule has 0 bridgehead atoms. The van der Waals surface area contributed by atoms with E-state index in [1.54, 1.807) is 41.5 Å². The third-order valence-corrected chi connectivity index (χ3v) is 8.57. The first kappa shape index (κ1) is 50.4. The van der Waals surface area contributed by atoms with Gasteiger partial charge in [0.15, 0.2) is 0 Å². The minimum Gasteiger partial charge on any atom is -0.481 e. The molecule has 0 radical (unpaired) electrons. The fourth-order valence-corrected chi connectivity index (χ4v) is 5.48. The SMILES string of the molecule is CC(C)C[C@H](NC(=O)[C@H](C)NC(=O)[C@H](CCC(=O)O)NC(=O)[C@@H](NC(=O)[C@H](CC(C)C)NC(=O)[C@H](Cc1cnc[nH]1)NC(=O)[C@H](CO)NC(=O)CN)C(C)C)C(=O)O. The Morgan fingerprint density at radius 1 is 0.655 bits per heavy atom. The number of aliphatic carboxylic acids is 2. The molecule has 0 aromatic carbocycles. The lowest BCUT2D eigenvalue weighted by molar-refractivity contribution is -0.142. The number of nitrogens with zero attached hydrogens (tertiary/aromatic N) is 1. The number of carboxylic acid groups (broad SMARTS) is 2. The average Bonchev–Trinajstić information content (AvgIpc) is 3.65. The Bertz CT molecular complexity index is 1570. The zero-order valence-electron chi connectivity index (χ0n) is 33.9. The van der Waals surface area contributed by atoms with E-state index in [1.807, 2.05) is 0 Å². The molecule has 0 aliphatic heterocycles. The molecule has 0 saturated carbocycles. The first-order valence-electron chi connectivity index (χ1n) is 18.9. The molecule has 0 aliphatic rings. The largest absolute Gasteiger partial charge is 0.481 e. The molecular formula is C36H60N10O12. The minimum absolute atomic E-state index is 0.0596. The van der Waals surface area contributed by atoms with Crippen LogP contribution < -0.4 is 43.0 Å². The van der Waals surface area contributed by atoms with E-state index in [2.05, 4.69) is 47.2 Å². The highest BCUT2D eigenvalue weighted by Crippen LogP contribution is 2.11. The van der Waals surface area contributed by atoms with Gasteiger partial charge in [-0.05, 0) is 43.9 Å². The molecule has 1 rings (SSSR count). The van der Waals surface area contributed by atoms with Gasteiger partial charge in [-0.1, -0.05) is 41.5 Å². The number of rotatable bonds is 26. The number of nitrogens with one attached hydrogen (secondary N) is 8. The van der Waals surface area contributed by atoms with Crippen molar-refractivity contribution in [2.45, 2.75) is 123 Å². The maximum Gasteiger partial charge on any atom is 0.326 e. The number of H-pyrrole nitrogens is 1. The van der Waals surface area contributed by atoms with Gasteiger partial charge in [0.05, 0.1) is 19.5 Å². The van der Waals surface area contributed by atoms with Gasteiger partial charge in [-0.25, -0.2) is 9.78 Å². The summed E-state index contributed by atoms with van der Waals surface area (Å²) in [5.74, 6) is -9.39. The number of carboxylic acids is 2. The Labute approximate surface area is 336 Å². The summed E-state index contributed by atoms with van der Waals surface area (Å²) in [4.78, 5) is 122. The van der Waals surface area contributed by atoms with Crippen molar-refractivity contribution >= 4 is 53.3 Å². The Hall–Kier alpha value is -5.64. The summed E-state index contributed by atoms with van der Waals surface area (Å²) >= 11 is 0. The number of carbonyl (C=O) groups excluding carboxylic acids is 7. The van der Waals surface area contributed by atoms with Crippen molar-refractivity contribution in [3.63, 3.8) is 0 Å². The second-order valence-electron chi connectivity index (χ2n) is 15.0. The van der Waals surface area contributed by atoms with Crippen molar-refractivity contribution in [3.8, 4) is 0 Å². The maximum atomic E-state index is 13.8. The van der Waals surface area contributed by atoms with Crippen molar-refractivity contribution in [2.75, 3.05) is 13.2 Å². The summed E-state index contributed by atoms with van der Waals surface area (Å²) < 4.78 is 0. The van der Waals surface area contributed by atoms with Gasteiger partial charge < -0.3 is 63.3 Å². The zero-order valence-corrected chi connectivity index (χ0v) is 33.9. The van der Waals surface area contributed by atoms with Crippen molar-refractivity contribution in [2.24, 2.45) is 23.5 Å². The van der Waals surface area contributed by atoms with Crippen LogP contribution in [0, 0.1) is 17.8 Å². The summed E-state index contributed by atoms with van der Waals surface area (Å²) in [6, 6.07) is -9.43. The number of aliphatic hydroxyl groups excluding tert-OH is 1. The third kappa shape index (κ3) is 18.1. The third-order valence-electron chi connectivity index (χ3n) is 8.57. The van der Waals surface area contributed by atoms with Gasteiger partial charge in [0.25, 0.3) is 0 Å². The van der Waals surface area contributed by atoms with Crippen LogP contribution in [0.15, 0.2) is 12.5 Å². The van der Waals surface area contributed by atoms with Crippen LogP contribution in [0.1, 0.15) is 79.8 Å². The quantitative estimate of drug-likeness (QED) is 0.0444. The monoisotopic (exact) mass is 824 g/mol. The Morgan fingerprint density at radius 2 is 1.17 bits per heavy atom. The second-order valence-corrected chi connectivity index (χ2v) is 15.0. The van der Waals surface area contributed by atoms with Gasteiger partial charge >= 0.3 is 11.9 Å². The zero-order chi connectivity index (χ0) is 44.3. The summed E-state index contributed by atoms with van der Waals surface area (Å²) in [6.07, 6.45) is 1.80. The molecule has 1 aromatic heterocycles. The van der Waals surface area contributed by atoms with Crippen molar-refractivity contribution in [1.29, 1.82) is 0 Å². The van der Waals surface area contributed by atoms with Crippen LogP contribution in [0.2, 0.25) is 0 Å². The number of aromatic amines is 1. The van der Waals surface area contributed by atoms with E-state index in [0.717, 1.165) is 0 Å². The molecule has 13 N–H and O–H groups in total. The second kappa shape index (κ2) is 24.9. The number of aromatic nitrogens is 2. The van der Waals surface area contributed by atoms with E-state index in [-0.39, 0.29) is 31.1 Å². The van der Waals surface area contributed by atoms with Gasteiger partial charge in [0, 0.05) is 24.7 Å². The molecule has 22 nitrogen and oxygen atoms in total. The lowest BCUT2D eigenvalue weighted by Gasteiger charge is -2.29. The molecule has 7 amide bonds. The van der Waals surface area contributed by atoms with Crippen molar-refractivity contribution < 1.29 is 58.5 Å². The number of imidazole rings is 1. The molecule has 1 aromatic rings. The van der Waals surface area contributed by atoms with Crippen molar-refractivity contribution in [3.05, 3.63) is 18.2 Å². The van der Waals surface area contributed by atoms with Gasteiger partial charge in [-0.2, -0.15) is 0 Å². The molecule has 326 valence electrons. The van der Waals surface area contributed by atoms with Gasteiger partial charge in [-0.3, -0.25) is 38.4 Å². The van der Waals surface area contributed by atoms with Crippen LogP contribution in [-0.4, -0.2) is 134 Å². The van der Waals surface area contributed by atoms with Gasteiger partial charge in [-0.15, -0.1) is 0 Å². The normalized spacial score (nSPS) is 14.8. The molecule has 0 aliphatic carbocycles. The predicted octanol–water partition coefficient (Wildman–Crippen LogP) is -2.99. The highest BCUT2D eigenvalue weighted by atomic mass is 16.4. The first-order chi connectivity index (χ1) is 27.1. The summed E-state index contributed by atoms with van der Waals surface area (Å²) in [5.41, 5.74) is 5.72. The van der Waals surface area contributed by atoms with Crippen LogP contribution in [0.25, 0.3) is 0 Å². The Kier molecular flexibility index (Phi) is 21.6. The van der Waals surface area contributed by atoms with Crippen LogP contribution in [0.4, 0.5) is 0 Å². The number of aliphatic hydroxyl groups is 1. The summed E-state index contributed by atoms with van der Waals surface area (Å²) in [7, 11) is 0. The average molecular weight is 825 g/mol. The molecular weight excluding hydrogens is 764 g/mol. The fraction of sp³-hybridized carbons (Fsp3) is 0.667. The molecule has 22 heteroatoms. The molecule has 7 atom stereocenters. The van der Waals surface area contributed by atoms with E-state index in [4.69, 9.17) is 5.73 Å². The summed E-state index contributed by atoms with van der Waals surface area (Å²) in [5, 5.41) is 45.6. The maximum absolute atomic E-state index is 13.8. The molecule has 0 fully saturated rings. The van der Waals surface area contributed by atoms with Gasteiger partial charge in [0.1, 0.15) is 42.3 Å². The molecule has 0 spiro atoms. The van der Waals surface area contributed by atoms with Crippen LogP contribution >= 0.6 is 0 Å². The molecule has 0 unspecified atom stereocenters. The highest BCUT2D eigenvalue weighted by Gasteiger charge is 2.35. The standard InChI is InChI=1S/C36H60N10O12/c1-17(2)10-23(43-32(53)24(12-21-14-38-16-39-21)44-34(55)26(15-47)41-27(48)13-37)33(54)46-29(19(5)6)35(56)42-22(8-9-28(49)50)31(52)40-20(7)30(51)45-25(36(57)58)11-18(3)4/h14,16-20,22-26,29,47H,8-13,15,37H2,1-7H3,(H,38,39)(H,40,52)(H,41,48)(H,42,56)(H,43,53)(H,44,55)(H,45,51)(H,46,54)(H,49,50)(H,57,58)/t20-,22-,23-,24-,25-,26-,29-/m0/s1. The summed E-state index contributed by atoms with van der Waals surface area (Å²) in [6.45, 7) is 10.3. The highest BCUT2D eigenvalue weighted by molar-refractivity contribution is 5.97. The predicted molar refractivity (Wildman–Crippen MR) is 206 cm³/mol. The lowest BCUT2D eigenvalue weighted by atomic mass is 9.98.